The molecule has 1 aliphatic heterocycles. The van der Waals surface area contributed by atoms with E-state index in [0.29, 0.717) is 57.3 Å². The van der Waals surface area contributed by atoms with Crippen LogP contribution in [0.1, 0.15) is 25.3 Å². The summed E-state index contributed by atoms with van der Waals surface area (Å²) in [7, 11) is -3.60. The summed E-state index contributed by atoms with van der Waals surface area (Å²) in [5.74, 6) is 0.397. The molecule has 1 fully saturated rings. The van der Waals surface area contributed by atoms with Crippen LogP contribution in [0.15, 0.2) is 9.42 Å². The van der Waals surface area contributed by atoms with Gasteiger partial charge in [-0.25, -0.2) is 8.42 Å². The number of piperazine rings is 1. The number of carbonyl (C=O) groups excluding carboxylic acids is 1. The van der Waals surface area contributed by atoms with Gasteiger partial charge in [-0.15, -0.1) is 0 Å². The van der Waals surface area contributed by atoms with Crippen LogP contribution in [-0.4, -0.2) is 79.4 Å². The van der Waals surface area contributed by atoms with Crippen molar-refractivity contribution >= 4 is 15.9 Å². The molecule has 2 heterocycles. The lowest BCUT2D eigenvalue weighted by atomic mass is 10.3. The van der Waals surface area contributed by atoms with Gasteiger partial charge in [0.25, 0.3) is 0 Å². The van der Waals surface area contributed by atoms with Gasteiger partial charge < -0.3 is 9.42 Å². The van der Waals surface area contributed by atoms with Crippen molar-refractivity contribution in [1.29, 1.82) is 0 Å². The predicted octanol–water partition coefficient (Wildman–Crippen LogP) is 0.466. The summed E-state index contributed by atoms with van der Waals surface area (Å²) in [6.07, 6.45) is 0. The number of likely N-dealkylation sites (N-methyl/N-ethyl adjacent to an activating group) is 1. The number of rotatable bonds is 6. The average molecular weight is 358 g/mol. The van der Waals surface area contributed by atoms with Gasteiger partial charge in [0.2, 0.25) is 15.9 Å². The zero-order chi connectivity index (χ0) is 17.9. The maximum atomic E-state index is 12.8. The number of hydrogen-bond donors (Lipinski definition) is 0. The first-order valence-electron chi connectivity index (χ1n) is 8.24. The molecule has 9 heteroatoms. The number of aromatic nitrogens is 1. The van der Waals surface area contributed by atoms with Gasteiger partial charge in [-0.2, -0.15) is 4.31 Å². The van der Waals surface area contributed by atoms with Gasteiger partial charge in [0.1, 0.15) is 10.6 Å². The highest BCUT2D eigenvalue weighted by atomic mass is 32.2. The van der Waals surface area contributed by atoms with Crippen LogP contribution < -0.4 is 0 Å². The van der Waals surface area contributed by atoms with Crippen LogP contribution in [0.2, 0.25) is 0 Å². The molecule has 0 aliphatic carbocycles. The molecule has 136 valence electrons. The lowest BCUT2D eigenvalue weighted by Crippen LogP contribution is -2.51. The van der Waals surface area contributed by atoms with Crippen LogP contribution in [0.4, 0.5) is 0 Å². The highest BCUT2D eigenvalue weighted by Gasteiger charge is 2.33. The summed E-state index contributed by atoms with van der Waals surface area (Å²) in [5.41, 5.74) is 0.381. The molecule has 1 aliphatic rings. The minimum atomic E-state index is -3.60. The molecule has 0 bridgehead atoms. The summed E-state index contributed by atoms with van der Waals surface area (Å²) >= 11 is 0. The first-order chi connectivity index (χ1) is 11.3. The van der Waals surface area contributed by atoms with Crippen LogP contribution in [0.5, 0.6) is 0 Å². The average Bonchev–Trinajstić information content (AvgIpc) is 2.88. The molecule has 0 N–H and O–H groups in total. The van der Waals surface area contributed by atoms with E-state index in [1.807, 2.05) is 18.7 Å². The summed E-state index contributed by atoms with van der Waals surface area (Å²) in [6, 6.07) is 0. The normalized spacial score (nSPS) is 17.2. The number of nitrogens with zero attached hydrogens (tertiary/aromatic N) is 4. The Morgan fingerprint density at radius 3 is 2.21 bits per heavy atom. The molecule has 1 amide bonds. The van der Waals surface area contributed by atoms with Crippen LogP contribution in [0.3, 0.4) is 0 Å². The van der Waals surface area contributed by atoms with E-state index >= 15 is 0 Å². The van der Waals surface area contributed by atoms with E-state index < -0.39 is 10.0 Å². The van der Waals surface area contributed by atoms with Crippen LogP contribution in [-0.2, 0) is 14.8 Å². The zero-order valence-electron chi connectivity index (χ0n) is 14.8. The van der Waals surface area contributed by atoms with Crippen LogP contribution in [0.25, 0.3) is 0 Å². The van der Waals surface area contributed by atoms with Gasteiger partial charge in [-0.05, 0) is 27.7 Å². The van der Waals surface area contributed by atoms with Crippen molar-refractivity contribution in [3.8, 4) is 0 Å². The Morgan fingerprint density at radius 2 is 1.75 bits per heavy atom. The minimum Gasteiger partial charge on any atom is -0.360 e. The Balaban J connectivity index is 1.99. The summed E-state index contributed by atoms with van der Waals surface area (Å²) in [6.45, 7) is 10.6. The van der Waals surface area contributed by atoms with Gasteiger partial charge in [-0.3, -0.25) is 9.69 Å². The van der Waals surface area contributed by atoms with Crippen LogP contribution >= 0.6 is 0 Å². The van der Waals surface area contributed by atoms with Gasteiger partial charge >= 0.3 is 0 Å². The molecule has 2 rings (SSSR count). The zero-order valence-corrected chi connectivity index (χ0v) is 15.6. The Bertz CT molecular complexity index is 654. The third-order valence-electron chi connectivity index (χ3n) is 4.37. The van der Waals surface area contributed by atoms with E-state index in [2.05, 4.69) is 5.16 Å². The molecule has 0 aromatic carbocycles. The third-order valence-corrected chi connectivity index (χ3v) is 6.52. The molecule has 0 saturated carbocycles. The highest BCUT2D eigenvalue weighted by molar-refractivity contribution is 7.89. The van der Waals surface area contributed by atoms with Crippen molar-refractivity contribution in [1.82, 2.24) is 19.3 Å². The Kier molecular flexibility index (Phi) is 6.00. The monoisotopic (exact) mass is 358 g/mol. The lowest BCUT2D eigenvalue weighted by molar-refractivity contribution is -0.132. The van der Waals surface area contributed by atoms with Crippen molar-refractivity contribution in [3.05, 3.63) is 11.5 Å². The smallest absolute Gasteiger partial charge is 0.248 e. The molecule has 0 spiro atoms. The standard InChI is InChI=1S/C15H26N4O4S/c1-5-18(6-2)14(20)11-17-7-9-19(10-8-17)24(21,22)15-12(3)16-23-13(15)4/h5-11H2,1-4H3. The van der Waals surface area contributed by atoms with Gasteiger partial charge in [0.05, 0.1) is 6.54 Å². The highest BCUT2D eigenvalue weighted by Crippen LogP contribution is 2.24. The van der Waals surface area contributed by atoms with Gasteiger partial charge in [0, 0.05) is 39.3 Å². The second kappa shape index (κ2) is 7.62. The fraction of sp³-hybridized carbons (Fsp3) is 0.733. The van der Waals surface area contributed by atoms with Crippen molar-refractivity contribution in [3.63, 3.8) is 0 Å². The fourth-order valence-corrected chi connectivity index (χ4v) is 4.68. The Morgan fingerprint density at radius 1 is 1.17 bits per heavy atom. The second-order valence-corrected chi connectivity index (χ2v) is 7.77. The van der Waals surface area contributed by atoms with E-state index in [1.165, 1.54) is 4.31 Å². The SMILES string of the molecule is CCN(CC)C(=O)CN1CCN(S(=O)(=O)c2c(C)noc2C)CC1. The first-order valence-corrected chi connectivity index (χ1v) is 9.68. The number of amides is 1. The Labute approximate surface area is 143 Å². The number of carbonyl (C=O) groups is 1. The largest absolute Gasteiger partial charge is 0.360 e. The topological polar surface area (TPSA) is 87.0 Å². The van der Waals surface area contributed by atoms with E-state index in [1.54, 1.807) is 18.7 Å². The molecule has 1 aromatic rings. The van der Waals surface area contributed by atoms with E-state index in [9.17, 15) is 13.2 Å². The van der Waals surface area contributed by atoms with E-state index in [-0.39, 0.29) is 10.8 Å². The van der Waals surface area contributed by atoms with E-state index in [4.69, 9.17) is 4.52 Å². The molecule has 24 heavy (non-hydrogen) atoms. The molecular weight excluding hydrogens is 332 g/mol. The molecular formula is C15H26N4O4S. The molecule has 8 nitrogen and oxygen atoms in total. The van der Waals surface area contributed by atoms with Crippen molar-refractivity contribution in [2.24, 2.45) is 0 Å². The van der Waals surface area contributed by atoms with Crippen molar-refractivity contribution in [2.45, 2.75) is 32.6 Å². The van der Waals surface area contributed by atoms with Gasteiger partial charge in [0.15, 0.2) is 5.76 Å². The maximum Gasteiger partial charge on any atom is 0.248 e. The number of hydrogen-bond acceptors (Lipinski definition) is 6. The summed E-state index contributed by atoms with van der Waals surface area (Å²) in [5, 5.41) is 3.73. The van der Waals surface area contributed by atoms with Crippen molar-refractivity contribution < 1.29 is 17.7 Å². The molecule has 1 aromatic heterocycles. The van der Waals surface area contributed by atoms with Crippen LogP contribution in [0, 0.1) is 13.8 Å². The summed E-state index contributed by atoms with van der Waals surface area (Å²) in [4.78, 5) is 16.1. The Hall–Kier alpha value is -1.45. The number of sulfonamides is 1. The molecule has 0 atom stereocenters. The summed E-state index contributed by atoms with van der Waals surface area (Å²) < 4.78 is 31.9. The molecule has 0 radical (unpaired) electrons. The second-order valence-electron chi connectivity index (χ2n) is 5.90. The predicted molar refractivity (Wildman–Crippen MR) is 89.1 cm³/mol. The lowest BCUT2D eigenvalue weighted by Gasteiger charge is -2.34. The first kappa shape index (κ1) is 18.9. The molecule has 0 unspecified atom stereocenters. The molecule has 1 saturated heterocycles. The van der Waals surface area contributed by atoms with Crippen molar-refractivity contribution in [2.75, 3.05) is 45.8 Å². The maximum absolute atomic E-state index is 12.8. The fourth-order valence-electron chi connectivity index (χ4n) is 2.97. The van der Waals surface area contributed by atoms with Gasteiger partial charge in [-0.1, -0.05) is 5.16 Å². The quantitative estimate of drug-likeness (QED) is 0.734. The minimum absolute atomic E-state index is 0.0852. The number of aryl methyl sites for hydroxylation is 2. The van der Waals surface area contributed by atoms with E-state index in [0.717, 1.165) is 0 Å². The third kappa shape index (κ3) is 3.79.